The molecule has 5 heteroatoms. The van der Waals surface area contributed by atoms with Crippen LogP contribution in [0.3, 0.4) is 0 Å². The number of carbonyl (C=O) groups excluding carboxylic acids is 2. The van der Waals surface area contributed by atoms with Crippen LogP contribution in [-0.4, -0.2) is 36.4 Å². The molecule has 0 radical (unpaired) electrons. The number of hydrogen-bond donors (Lipinski definition) is 1. The Hall–Kier alpha value is -1.10. The first-order chi connectivity index (χ1) is 7.81. The maximum Gasteiger partial charge on any atom is 0.320 e. The summed E-state index contributed by atoms with van der Waals surface area (Å²) in [4.78, 5) is 23.2. The molecule has 0 saturated carbocycles. The number of carbonyl (C=O) groups is 2. The average Bonchev–Trinajstić information content (AvgIpc) is 2.20. The Morgan fingerprint density at radius 1 is 1.18 bits per heavy atom. The second kappa shape index (κ2) is 7.27. The van der Waals surface area contributed by atoms with Gasteiger partial charge in [-0.15, -0.1) is 0 Å². The van der Waals surface area contributed by atoms with Gasteiger partial charge in [0.25, 0.3) is 0 Å². The Balaban J connectivity index is 4.46. The Kier molecular flexibility index (Phi) is 6.80. The summed E-state index contributed by atoms with van der Waals surface area (Å²) < 4.78 is 9.73. The molecule has 0 rings (SSSR count). The van der Waals surface area contributed by atoms with Gasteiger partial charge in [-0.2, -0.15) is 0 Å². The number of hydrogen-bond acceptors (Lipinski definition) is 5. The summed E-state index contributed by atoms with van der Waals surface area (Å²) in [6.07, 6.45) is 1.47. The molecule has 17 heavy (non-hydrogen) atoms. The SMILES string of the molecule is COC(=O)[C@H](CCCCO)C(=O)OC(C)(C)C. The predicted molar refractivity (Wildman–Crippen MR) is 62.3 cm³/mol. The van der Waals surface area contributed by atoms with Crippen molar-refractivity contribution < 1.29 is 24.2 Å². The summed E-state index contributed by atoms with van der Waals surface area (Å²) in [6.45, 7) is 5.27. The minimum absolute atomic E-state index is 0.0439. The van der Waals surface area contributed by atoms with E-state index in [1.54, 1.807) is 20.8 Å². The molecule has 0 spiro atoms. The standard InChI is InChI=1S/C12H22O5/c1-12(2,3)17-11(15)9(10(14)16-4)7-5-6-8-13/h9,13H,5-8H2,1-4H3/t9-/m0/s1. The van der Waals surface area contributed by atoms with Gasteiger partial charge in [0, 0.05) is 6.61 Å². The molecule has 0 unspecified atom stereocenters. The first-order valence-electron chi connectivity index (χ1n) is 5.73. The highest BCUT2D eigenvalue weighted by Crippen LogP contribution is 2.17. The predicted octanol–water partition coefficient (Wildman–Crippen LogP) is 1.28. The number of esters is 2. The molecule has 0 aliphatic carbocycles. The second-order valence-electron chi connectivity index (χ2n) is 4.83. The van der Waals surface area contributed by atoms with Crippen LogP contribution >= 0.6 is 0 Å². The summed E-state index contributed by atoms with van der Waals surface area (Å²) in [7, 11) is 1.24. The van der Waals surface area contributed by atoms with E-state index in [2.05, 4.69) is 4.74 Å². The van der Waals surface area contributed by atoms with Crippen LogP contribution in [0.15, 0.2) is 0 Å². The van der Waals surface area contributed by atoms with Crippen molar-refractivity contribution in [2.24, 2.45) is 5.92 Å². The van der Waals surface area contributed by atoms with Crippen molar-refractivity contribution in [3.05, 3.63) is 0 Å². The lowest BCUT2D eigenvalue weighted by Gasteiger charge is -2.22. The second-order valence-corrected chi connectivity index (χ2v) is 4.83. The Morgan fingerprint density at radius 3 is 2.18 bits per heavy atom. The molecule has 1 atom stereocenters. The molecule has 0 bridgehead atoms. The number of aliphatic hydroxyl groups excluding tert-OH is 1. The fourth-order valence-electron chi connectivity index (χ4n) is 1.31. The molecule has 0 aliphatic rings. The third-order valence-electron chi connectivity index (χ3n) is 2.08. The van der Waals surface area contributed by atoms with Gasteiger partial charge in [0.05, 0.1) is 7.11 Å². The largest absolute Gasteiger partial charge is 0.468 e. The van der Waals surface area contributed by atoms with Crippen molar-refractivity contribution >= 4 is 11.9 Å². The van der Waals surface area contributed by atoms with Crippen molar-refractivity contribution in [1.82, 2.24) is 0 Å². The molecule has 1 N–H and O–H groups in total. The molecule has 0 saturated heterocycles. The van der Waals surface area contributed by atoms with Crippen LogP contribution in [0.2, 0.25) is 0 Å². The van der Waals surface area contributed by atoms with Gasteiger partial charge in [-0.25, -0.2) is 0 Å². The van der Waals surface area contributed by atoms with E-state index in [-0.39, 0.29) is 6.61 Å². The fraction of sp³-hybridized carbons (Fsp3) is 0.833. The lowest BCUT2D eigenvalue weighted by Crippen LogP contribution is -2.33. The third kappa shape index (κ3) is 6.94. The van der Waals surface area contributed by atoms with E-state index in [0.717, 1.165) is 0 Å². The first-order valence-corrected chi connectivity index (χ1v) is 5.73. The van der Waals surface area contributed by atoms with E-state index >= 15 is 0 Å². The highest BCUT2D eigenvalue weighted by Gasteiger charge is 2.31. The van der Waals surface area contributed by atoms with Crippen molar-refractivity contribution in [2.45, 2.75) is 45.6 Å². The zero-order chi connectivity index (χ0) is 13.5. The van der Waals surface area contributed by atoms with Gasteiger partial charge in [0.1, 0.15) is 5.60 Å². The summed E-state index contributed by atoms with van der Waals surface area (Å²) in [6, 6.07) is 0. The quantitative estimate of drug-likeness (QED) is 0.434. The van der Waals surface area contributed by atoms with Gasteiger partial charge in [0.2, 0.25) is 0 Å². The summed E-state index contributed by atoms with van der Waals surface area (Å²) in [5.41, 5.74) is -0.625. The Morgan fingerprint density at radius 2 is 1.76 bits per heavy atom. The molecule has 0 aliphatic heterocycles. The van der Waals surface area contributed by atoms with E-state index in [1.807, 2.05) is 0 Å². The third-order valence-corrected chi connectivity index (χ3v) is 2.08. The normalized spacial score (nSPS) is 13.0. The topological polar surface area (TPSA) is 72.8 Å². The number of methoxy groups -OCH3 is 1. The highest BCUT2D eigenvalue weighted by atomic mass is 16.6. The zero-order valence-electron chi connectivity index (χ0n) is 11.0. The number of unbranched alkanes of at least 4 members (excludes halogenated alkanes) is 1. The maximum absolute atomic E-state index is 11.8. The molecular weight excluding hydrogens is 224 g/mol. The molecular formula is C12H22O5. The molecule has 100 valence electrons. The fourth-order valence-corrected chi connectivity index (χ4v) is 1.31. The van der Waals surface area contributed by atoms with E-state index in [0.29, 0.717) is 19.3 Å². The summed E-state index contributed by atoms with van der Waals surface area (Å²) >= 11 is 0. The first kappa shape index (κ1) is 15.9. The smallest absolute Gasteiger partial charge is 0.320 e. The van der Waals surface area contributed by atoms with Gasteiger partial charge in [0.15, 0.2) is 5.92 Å². The lowest BCUT2D eigenvalue weighted by atomic mass is 10.0. The monoisotopic (exact) mass is 246 g/mol. The highest BCUT2D eigenvalue weighted by molar-refractivity contribution is 5.94. The Bertz CT molecular complexity index is 254. The van der Waals surface area contributed by atoms with Crippen LogP contribution in [0.1, 0.15) is 40.0 Å². The van der Waals surface area contributed by atoms with Crippen LogP contribution in [0.5, 0.6) is 0 Å². The molecule has 0 amide bonds. The van der Waals surface area contributed by atoms with Gasteiger partial charge < -0.3 is 14.6 Å². The number of ether oxygens (including phenoxy) is 2. The molecule has 0 aromatic rings. The van der Waals surface area contributed by atoms with E-state index < -0.39 is 23.5 Å². The minimum Gasteiger partial charge on any atom is -0.468 e. The molecule has 0 fully saturated rings. The average molecular weight is 246 g/mol. The van der Waals surface area contributed by atoms with Crippen molar-refractivity contribution in [1.29, 1.82) is 0 Å². The lowest BCUT2D eigenvalue weighted by molar-refractivity contribution is -0.168. The number of rotatable bonds is 6. The van der Waals surface area contributed by atoms with Gasteiger partial charge >= 0.3 is 11.9 Å². The maximum atomic E-state index is 11.8. The van der Waals surface area contributed by atoms with Crippen LogP contribution in [0.4, 0.5) is 0 Å². The summed E-state index contributed by atoms with van der Waals surface area (Å²) in [5, 5.41) is 8.67. The van der Waals surface area contributed by atoms with Crippen LogP contribution in [-0.2, 0) is 19.1 Å². The van der Waals surface area contributed by atoms with Gasteiger partial charge in [-0.3, -0.25) is 9.59 Å². The molecule has 0 aromatic heterocycles. The van der Waals surface area contributed by atoms with Crippen molar-refractivity contribution in [2.75, 3.05) is 13.7 Å². The summed E-state index contributed by atoms with van der Waals surface area (Å²) in [5.74, 6) is -2.05. The Labute approximate surface area is 102 Å². The van der Waals surface area contributed by atoms with Gasteiger partial charge in [-0.05, 0) is 40.0 Å². The molecule has 5 nitrogen and oxygen atoms in total. The van der Waals surface area contributed by atoms with Crippen molar-refractivity contribution in [3.63, 3.8) is 0 Å². The van der Waals surface area contributed by atoms with E-state index in [1.165, 1.54) is 7.11 Å². The minimum atomic E-state index is -0.897. The van der Waals surface area contributed by atoms with E-state index in [9.17, 15) is 9.59 Å². The van der Waals surface area contributed by atoms with Crippen LogP contribution in [0.25, 0.3) is 0 Å². The molecule has 0 heterocycles. The molecule has 0 aromatic carbocycles. The van der Waals surface area contributed by atoms with Crippen molar-refractivity contribution in [3.8, 4) is 0 Å². The van der Waals surface area contributed by atoms with Crippen LogP contribution < -0.4 is 0 Å². The zero-order valence-corrected chi connectivity index (χ0v) is 11.0. The van der Waals surface area contributed by atoms with E-state index in [4.69, 9.17) is 9.84 Å². The van der Waals surface area contributed by atoms with Crippen LogP contribution in [0, 0.1) is 5.92 Å². The number of aliphatic hydroxyl groups is 1. The van der Waals surface area contributed by atoms with Gasteiger partial charge in [-0.1, -0.05) is 0 Å².